The molecule has 0 bridgehead atoms. The van der Waals surface area contributed by atoms with Crippen LogP contribution in [0.15, 0.2) is 6.20 Å². The summed E-state index contributed by atoms with van der Waals surface area (Å²) in [6, 6.07) is -0.110. The zero-order valence-electron chi connectivity index (χ0n) is 8.14. The number of carbonyl (C=O) groups is 1. The fourth-order valence-electron chi connectivity index (χ4n) is 1.60. The molecule has 1 aliphatic heterocycles. The molecule has 7 heteroatoms. The summed E-state index contributed by atoms with van der Waals surface area (Å²) >= 11 is 1.48. The van der Waals surface area contributed by atoms with Crippen LogP contribution < -0.4 is 17.0 Å². The van der Waals surface area contributed by atoms with Crippen molar-refractivity contribution in [2.24, 2.45) is 11.6 Å². The van der Waals surface area contributed by atoms with Crippen LogP contribution in [0, 0.1) is 0 Å². The number of hydrazine groups is 1. The standard InChI is InChI=1S/C8H13N5OS/c9-7(14)6-1-2-13(6)4-5-3-11-8(12-10)15-5/h3,6H,1-2,4,10H2,(H2,9,14)(H,11,12). The van der Waals surface area contributed by atoms with Crippen LogP contribution in [0.1, 0.15) is 11.3 Å². The van der Waals surface area contributed by atoms with Crippen molar-refractivity contribution in [3.05, 3.63) is 11.1 Å². The molecule has 1 aliphatic rings. The monoisotopic (exact) mass is 227 g/mol. The topological polar surface area (TPSA) is 97.3 Å². The van der Waals surface area contributed by atoms with E-state index in [9.17, 15) is 4.79 Å². The van der Waals surface area contributed by atoms with E-state index >= 15 is 0 Å². The van der Waals surface area contributed by atoms with Gasteiger partial charge >= 0.3 is 0 Å². The van der Waals surface area contributed by atoms with E-state index in [1.165, 1.54) is 11.3 Å². The van der Waals surface area contributed by atoms with Crippen molar-refractivity contribution in [2.45, 2.75) is 19.0 Å². The molecule has 1 fully saturated rings. The Kier molecular flexibility index (Phi) is 2.85. The third-order valence-electron chi connectivity index (χ3n) is 2.49. The molecule has 6 nitrogen and oxygen atoms in total. The fraction of sp³-hybridized carbons (Fsp3) is 0.500. The maximum absolute atomic E-state index is 11.0. The van der Waals surface area contributed by atoms with Crippen molar-refractivity contribution in [3.8, 4) is 0 Å². The van der Waals surface area contributed by atoms with Gasteiger partial charge in [0.25, 0.3) is 0 Å². The lowest BCUT2D eigenvalue weighted by Gasteiger charge is -2.38. The number of carbonyl (C=O) groups excluding carboxylic acids is 1. The van der Waals surface area contributed by atoms with Crippen LogP contribution in [0.3, 0.4) is 0 Å². The Morgan fingerprint density at radius 2 is 2.60 bits per heavy atom. The third kappa shape index (κ3) is 2.09. The predicted octanol–water partition coefficient (Wildman–Crippen LogP) is -0.512. The Balaban J connectivity index is 1.94. The molecule has 0 radical (unpaired) electrons. The molecular weight excluding hydrogens is 214 g/mol. The zero-order chi connectivity index (χ0) is 10.8. The number of nitrogens with two attached hydrogens (primary N) is 2. The van der Waals surface area contributed by atoms with Gasteiger partial charge in [-0.15, -0.1) is 0 Å². The largest absolute Gasteiger partial charge is 0.368 e. The smallest absolute Gasteiger partial charge is 0.234 e. The van der Waals surface area contributed by atoms with E-state index in [0.29, 0.717) is 11.7 Å². The zero-order valence-corrected chi connectivity index (χ0v) is 8.96. The van der Waals surface area contributed by atoms with Gasteiger partial charge in [-0.2, -0.15) is 0 Å². The Bertz CT molecular complexity index is 366. The molecule has 82 valence electrons. The number of aromatic nitrogens is 1. The molecule has 0 saturated carbocycles. The van der Waals surface area contributed by atoms with E-state index in [-0.39, 0.29) is 11.9 Å². The second-order valence-electron chi connectivity index (χ2n) is 3.45. The number of nitrogen functional groups attached to an aromatic ring is 1. The molecule has 1 amide bonds. The minimum Gasteiger partial charge on any atom is -0.368 e. The van der Waals surface area contributed by atoms with Crippen LogP contribution >= 0.6 is 11.3 Å². The first kappa shape index (κ1) is 10.3. The van der Waals surface area contributed by atoms with Crippen molar-refractivity contribution in [1.82, 2.24) is 9.88 Å². The Hall–Kier alpha value is -1.18. The number of anilines is 1. The lowest BCUT2D eigenvalue weighted by Crippen LogP contribution is -2.54. The molecule has 15 heavy (non-hydrogen) atoms. The molecule has 1 saturated heterocycles. The van der Waals surface area contributed by atoms with Gasteiger partial charge in [0, 0.05) is 24.2 Å². The number of likely N-dealkylation sites (tertiary alicyclic amines) is 1. The maximum Gasteiger partial charge on any atom is 0.234 e. The number of hydrogen-bond acceptors (Lipinski definition) is 6. The summed E-state index contributed by atoms with van der Waals surface area (Å²) < 4.78 is 0. The number of nitrogens with one attached hydrogen (secondary N) is 1. The summed E-state index contributed by atoms with van der Waals surface area (Å²) in [4.78, 5) is 18.2. The molecule has 2 rings (SSSR count). The minimum atomic E-state index is -0.247. The van der Waals surface area contributed by atoms with Crippen LogP contribution in [0.2, 0.25) is 0 Å². The number of primary amides is 1. The second-order valence-corrected chi connectivity index (χ2v) is 4.57. The van der Waals surface area contributed by atoms with Gasteiger partial charge in [0.05, 0.1) is 6.04 Å². The number of amides is 1. The highest BCUT2D eigenvalue weighted by atomic mass is 32.1. The van der Waals surface area contributed by atoms with Gasteiger partial charge in [0.15, 0.2) is 5.13 Å². The lowest BCUT2D eigenvalue weighted by molar-refractivity contribution is -0.127. The van der Waals surface area contributed by atoms with Crippen LogP contribution in [0.5, 0.6) is 0 Å². The van der Waals surface area contributed by atoms with Gasteiger partial charge in [-0.05, 0) is 6.42 Å². The molecule has 5 N–H and O–H groups in total. The summed E-state index contributed by atoms with van der Waals surface area (Å²) in [5.41, 5.74) is 7.74. The second kappa shape index (κ2) is 4.13. The van der Waals surface area contributed by atoms with Crippen molar-refractivity contribution >= 4 is 22.4 Å². The highest BCUT2D eigenvalue weighted by molar-refractivity contribution is 7.15. The van der Waals surface area contributed by atoms with Crippen LogP contribution in [-0.2, 0) is 11.3 Å². The summed E-state index contributed by atoms with van der Waals surface area (Å²) in [5, 5.41) is 0.682. The van der Waals surface area contributed by atoms with E-state index in [4.69, 9.17) is 11.6 Å². The molecule has 1 aromatic heterocycles. The number of rotatable bonds is 4. The molecule has 1 aromatic rings. The Morgan fingerprint density at radius 1 is 1.80 bits per heavy atom. The number of hydrogen-bond donors (Lipinski definition) is 3. The average molecular weight is 227 g/mol. The molecule has 0 spiro atoms. The van der Waals surface area contributed by atoms with Gasteiger partial charge in [0.2, 0.25) is 5.91 Å². The first-order valence-electron chi connectivity index (χ1n) is 4.65. The van der Waals surface area contributed by atoms with Crippen LogP contribution in [0.4, 0.5) is 5.13 Å². The molecule has 1 atom stereocenters. The molecule has 0 aromatic carbocycles. The number of thiazole rings is 1. The van der Waals surface area contributed by atoms with Gasteiger partial charge in [-0.25, -0.2) is 10.8 Å². The van der Waals surface area contributed by atoms with E-state index in [1.807, 2.05) is 4.90 Å². The van der Waals surface area contributed by atoms with Crippen LogP contribution in [-0.4, -0.2) is 28.4 Å². The normalized spacial score (nSPS) is 21.0. The first-order chi connectivity index (χ1) is 7.20. The summed E-state index contributed by atoms with van der Waals surface area (Å²) in [7, 11) is 0. The quantitative estimate of drug-likeness (QED) is 0.475. The van der Waals surface area contributed by atoms with Gasteiger partial charge in [-0.3, -0.25) is 15.1 Å². The van der Waals surface area contributed by atoms with Crippen molar-refractivity contribution in [3.63, 3.8) is 0 Å². The molecule has 0 aliphatic carbocycles. The van der Waals surface area contributed by atoms with E-state index in [2.05, 4.69) is 10.4 Å². The van der Waals surface area contributed by atoms with Gasteiger partial charge in [0.1, 0.15) is 0 Å². The molecule has 2 heterocycles. The van der Waals surface area contributed by atoms with E-state index in [1.54, 1.807) is 6.20 Å². The summed E-state index contributed by atoms with van der Waals surface area (Å²) in [6.45, 7) is 1.63. The van der Waals surface area contributed by atoms with Crippen molar-refractivity contribution < 1.29 is 4.79 Å². The van der Waals surface area contributed by atoms with Gasteiger partial charge < -0.3 is 5.73 Å². The highest BCUT2D eigenvalue weighted by Crippen LogP contribution is 2.24. The third-order valence-corrected chi connectivity index (χ3v) is 3.41. The van der Waals surface area contributed by atoms with E-state index < -0.39 is 0 Å². The first-order valence-corrected chi connectivity index (χ1v) is 5.47. The SMILES string of the molecule is NNc1ncc(CN2CCC2C(N)=O)s1. The van der Waals surface area contributed by atoms with Gasteiger partial charge in [-0.1, -0.05) is 11.3 Å². The molecular formula is C8H13N5OS. The predicted molar refractivity (Wildman–Crippen MR) is 57.9 cm³/mol. The lowest BCUT2D eigenvalue weighted by atomic mass is 10.0. The minimum absolute atomic E-state index is 0.110. The van der Waals surface area contributed by atoms with Crippen molar-refractivity contribution in [1.29, 1.82) is 0 Å². The van der Waals surface area contributed by atoms with E-state index in [0.717, 1.165) is 17.8 Å². The highest BCUT2D eigenvalue weighted by Gasteiger charge is 2.32. The molecule has 1 unspecified atom stereocenters. The summed E-state index contributed by atoms with van der Waals surface area (Å²) in [5.74, 6) is 4.98. The number of nitrogens with zero attached hydrogens (tertiary/aromatic N) is 2. The van der Waals surface area contributed by atoms with Crippen molar-refractivity contribution in [2.75, 3.05) is 12.0 Å². The summed E-state index contributed by atoms with van der Waals surface area (Å²) in [6.07, 6.45) is 2.62. The Labute approximate surface area is 91.2 Å². The maximum atomic E-state index is 11.0. The Morgan fingerprint density at radius 3 is 3.07 bits per heavy atom. The fourth-order valence-corrected chi connectivity index (χ4v) is 2.35. The van der Waals surface area contributed by atoms with Crippen LogP contribution in [0.25, 0.3) is 0 Å². The average Bonchev–Trinajstić information content (AvgIpc) is 2.59.